The van der Waals surface area contributed by atoms with Crippen LogP contribution in [0.4, 0.5) is 0 Å². The Labute approximate surface area is 107 Å². The second kappa shape index (κ2) is 4.39. The third kappa shape index (κ3) is 1.92. The number of aromatic nitrogens is 2. The first-order valence-corrected chi connectivity index (χ1v) is 6.79. The SMILES string of the molecule is CCn1cc(C2C(N)CCC(=O)N2C2CC2)cn1. The van der Waals surface area contributed by atoms with Crippen LogP contribution in [0.15, 0.2) is 12.4 Å². The van der Waals surface area contributed by atoms with Crippen molar-refractivity contribution in [3.63, 3.8) is 0 Å². The molecule has 1 aromatic heterocycles. The van der Waals surface area contributed by atoms with E-state index in [-0.39, 0.29) is 18.0 Å². The Hall–Kier alpha value is -1.36. The lowest BCUT2D eigenvalue weighted by Gasteiger charge is -2.39. The Morgan fingerprint density at radius 3 is 2.83 bits per heavy atom. The van der Waals surface area contributed by atoms with Gasteiger partial charge in [-0.25, -0.2) is 0 Å². The maximum Gasteiger partial charge on any atom is 0.223 e. The first-order chi connectivity index (χ1) is 8.70. The Morgan fingerprint density at radius 2 is 2.22 bits per heavy atom. The van der Waals surface area contributed by atoms with Crippen LogP contribution in [-0.2, 0) is 11.3 Å². The molecular formula is C13H20N4O. The van der Waals surface area contributed by atoms with E-state index in [0.717, 1.165) is 31.4 Å². The van der Waals surface area contributed by atoms with Crippen LogP contribution in [0, 0.1) is 0 Å². The van der Waals surface area contributed by atoms with Gasteiger partial charge in [0.25, 0.3) is 0 Å². The number of nitrogens with zero attached hydrogens (tertiary/aromatic N) is 3. The molecule has 2 heterocycles. The van der Waals surface area contributed by atoms with Crippen molar-refractivity contribution >= 4 is 5.91 Å². The predicted octanol–water partition coefficient (Wildman–Crippen LogP) is 1.06. The molecule has 1 saturated carbocycles. The smallest absolute Gasteiger partial charge is 0.223 e. The van der Waals surface area contributed by atoms with Gasteiger partial charge in [-0.05, 0) is 26.2 Å². The fourth-order valence-electron chi connectivity index (χ4n) is 2.84. The standard InChI is InChI=1S/C13H20N4O/c1-2-16-8-9(7-15-16)13-11(14)5-6-12(18)17(13)10-3-4-10/h7-8,10-11,13H,2-6,14H2,1H3. The van der Waals surface area contributed by atoms with Crippen LogP contribution in [0.3, 0.4) is 0 Å². The second-order valence-corrected chi connectivity index (χ2v) is 5.31. The van der Waals surface area contributed by atoms with Crippen molar-refractivity contribution in [1.29, 1.82) is 0 Å². The molecule has 5 nitrogen and oxygen atoms in total. The van der Waals surface area contributed by atoms with E-state index in [2.05, 4.69) is 12.0 Å². The van der Waals surface area contributed by atoms with E-state index in [9.17, 15) is 4.79 Å². The van der Waals surface area contributed by atoms with E-state index in [1.165, 1.54) is 0 Å². The van der Waals surface area contributed by atoms with Crippen LogP contribution in [0.25, 0.3) is 0 Å². The molecule has 0 aromatic carbocycles. The lowest BCUT2D eigenvalue weighted by Crippen LogP contribution is -2.49. The molecule has 2 N–H and O–H groups in total. The van der Waals surface area contributed by atoms with Crippen LogP contribution in [0.5, 0.6) is 0 Å². The molecule has 18 heavy (non-hydrogen) atoms. The van der Waals surface area contributed by atoms with Crippen molar-refractivity contribution < 1.29 is 4.79 Å². The highest BCUT2D eigenvalue weighted by Gasteiger charge is 2.43. The first-order valence-electron chi connectivity index (χ1n) is 6.79. The van der Waals surface area contributed by atoms with E-state index in [4.69, 9.17) is 5.73 Å². The zero-order chi connectivity index (χ0) is 12.7. The molecule has 1 amide bonds. The van der Waals surface area contributed by atoms with E-state index < -0.39 is 0 Å². The summed E-state index contributed by atoms with van der Waals surface area (Å²) in [6.45, 7) is 2.90. The molecule has 98 valence electrons. The number of likely N-dealkylation sites (tertiary alicyclic amines) is 1. The Morgan fingerprint density at radius 1 is 1.44 bits per heavy atom. The number of amides is 1. The first kappa shape index (κ1) is 11.7. The van der Waals surface area contributed by atoms with Crippen molar-refractivity contribution in [2.45, 2.75) is 57.3 Å². The molecule has 2 unspecified atom stereocenters. The van der Waals surface area contributed by atoms with Crippen molar-refractivity contribution in [2.75, 3.05) is 0 Å². The summed E-state index contributed by atoms with van der Waals surface area (Å²) in [5, 5.41) is 4.31. The summed E-state index contributed by atoms with van der Waals surface area (Å²) < 4.78 is 1.90. The van der Waals surface area contributed by atoms with Gasteiger partial charge < -0.3 is 10.6 Å². The molecule has 3 rings (SSSR count). The molecular weight excluding hydrogens is 228 g/mol. The lowest BCUT2D eigenvalue weighted by molar-refractivity contribution is -0.138. The maximum atomic E-state index is 12.1. The van der Waals surface area contributed by atoms with E-state index in [1.54, 1.807) is 0 Å². The highest BCUT2D eigenvalue weighted by molar-refractivity contribution is 5.78. The number of rotatable bonds is 3. The van der Waals surface area contributed by atoms with E-state index in [1.807, 2.05) is 22.0 Å². The second-order valence-electron chi connectivity index (χ2n) is 5.31. The number of nitrogens with two attached hydrogens (primary N) is 1. The van der Waals surface area contributed by atoms with E-state index in [0.29, 0.717) is 12.5 Å². The minimum atomic E-state index is 0.0269. The summed E-state index contributed by atoms with van der Waals surface area (Å²) >= 11 is 0. The fourth-order valence-corrected chi connectivity index (χ4v) is 2.84. The molecule has 1 aromatic rings. The highest BCUT2D eigenvalue weighted by Crippen LogP contribution is 2.39. The third-order valence-electron chi connectivity index (χ3n) is 3.94. The molecule has 5 heteroatoms. The van der Waals surface area contributed by atoms with Gasteiger partial charge in [-0.1, -0.05) is 0 Å². The number of carbonyl (C=O) groups is 1. The lowest BCUT2D eigenvalue weighted by atomic mass is 9.92. The predicted molar refractivity (Wildman–Crippen MR) is 67.7 cm³/mol. The number of hydrogen-bond acceptors (Lipinski definition) is 3. The summed E-state index contributed by atoms with van der Waals surface area (Å²) in [4.78, 5) is 14.1. The van der Waals surface area contributed by atoms with Gasteiger partial charge in [0.15, 0.2) is 0 Å². The van der Waals surface area contributed by atoms with Gasteiger partial charge in [0.2, 0.25) is 5.91 Å². The molecule has 0 bridgehead atoms. The largest absolute Gasteiger partial charge is 0.331 e. The van der Waals surface area contributed by atoms with Gasteiger partial charge in [0.1, 0.15) is 0 Å². The Bertz CT molecular complexity index is 452. The molecule has 1 aliphatic carbocycles. The van der Waals surface area contributed by atoms with Gasteiger partial charge in [-0.15, -0.1) is 0 Å². The van der Waals surface area contributed by atoms with Crippen LogP contribution in [0.1, 0.15) is 44.2 Å². The highest BCUT2D eigenvalue weighted by atomic mass is 16.2. The van der Waals surface area contributed by atoms with Crippen LogP contribution in [0.2, 0.25) is 0 Å². The number of piperidine rings is 1. The van der Waals surface area contributed by atoms with Crippen LogP contribution < -0.4 is 5.73 Å². The summed E-state index contributed by atoms with van der Waals surface area (Å²) in [5.74, 6) is 0.258. The average molecular weight is 248 g/mol. The van der Waals surface area contributed by atoms with Crippen LogP contribution in [-0.4, -0.2) is 32.7 Å². The molecule has 2 atom stereocenters. The number of aryl methyl sites for hydroxylation is 1. The normalized spacial score (nSPS) is 28.8. The van der Waals surface area contributed by atoms with Gasteiger partial charge in [0.05, 0.1) is 12.2 Å². The molecule has 1 saturated heterocycles. The molecule has 0 spiro atoms. The summed E-state index contributed by atoms with van der Waals surface area (Å²) in [6, 6.07) is 0.482. The van der Waals surface area contributed by atoms with Gasteiger partial charge >= 0.3 is 0 Å². The van der Waals surface area contributed by atoms with E-state index >= 15 is 0 Å². The molecule has 2 aliphatic rings. The fraction of sp³-hybridized carbons (Fsp3) is 0.692. The van der Waals surface area contributed by atoms with Crippen LogP contribution >= 0.6 is 0 Å². The minimum Gasteiger partial charge on any atom is -0.331 e. The average Bonchev–Trinajstić information content (AvgIpc) is 3.09. The van der Waals surface area contributed by atoms with Crippen molar-refractivity contribution in [1.82, 2.24) is 14.7 Å². The van der Waals surface area contributed by atoms with Crippen molar-refractivity contribution in [2.24, 2.45) is 5.73 Å². The van der Waals surface area contributed by atoms with Gasteiger partial charge in [-0.2, -0.15) is 5.10 Å². The Balaban J connectivity index is 1.91. The minimum absolute atomic E-state index is 0.0269. The zero-order valence-corrected chi connectivity index (χ0v) is 10.7. The summed E-state index contributed by atoms with van der Waals surface area (Å²) in [7, 11) is 0. The monoisotopic (exact) mass is 248 g/mol. The molecule has 1 aliphatic heterocycles. The number of hydrogen-bond donors (Lipinski definition) is 1. The maximum absolute atomic E-state index is 12.1. The molecule has 2 fully saturated rings. The third-order valence-corrected chi connectivity index (χ3v) is 3.94. The summed E-state index contributed by atoms with van der Waals surface area (Å²) in [5.41, 5.74) is 7.34. The summed E-state index contributed by atoms with van der Waals surface area (Å²) in [6.07, 6.45) is 7.51. The Kier molecular flexibility index (Phi) is 2.86. The van der Waals surface area contributed by atoms with Crippen molar-refractivity contribution in [3.05, 3.63) is 18.0 Å². The topological polar surface area (TPSA) is 64.2 Å². The quantitative estimate of drug-likeness (QED) is 0.869. The zero-order valence-electron chi connectivity index (χ0n) is 10.7. The molecule has 0 radical (unpaired) electrons. The van der Waals surface area contributed by atoms with Gasteiger partial charge in [-0.3, -0.25) is 9.48 Å². The van der Waals surface area contributed by atoms with Crippen molar-refractivity contribution in [3.8, 4) is 0 Å². The van der Waals surface area contributed by atoms with Gasteiger partial charge in [0, 0.05) is 36.8 Å². The number of carbonyl (C=O) groups excluding carboxylic acids is 1.